The van der Waals surface area contributed by atoms with E-state index in [1.807, 2.05) is 7.05 Å². The second kappa shape index (κ2) is 5.69. The molecule has 0 saturated carbocycles. The Balaban J connectivity index is 2.44. The van der Waals surface area contributed by atoms with Crippen LogP contribution >= 0.6 is 0 Å². The molecule has 0 unspecified atom stereocenters. The van der Waals surface area contributed by atoms with Crippen LogP contribution in [0.1, 0.15) is 26.2 Å². The molecule has 3 nitrogen and oxygen atoms in total. The zero-order chi connectivity index (χ0) is 10.4. The van der Waals surface area contributed by atoms with E-state index in [4.69, 9.17) is 4.74 Å². The molecule has 3 heteroatoms. The van der Waals surface area contributed by atoms with Crippen LogP contribution in [-0.4, -0.2) is 50.8 Å². The molecule has 0 spiro atoms. The summed E-state index contributed by atoms with van der Waals surface area (Å²) in [5.74, 6) is 0. The molecular weight excluding hydrogens is 176 g/mol. The highest BCUT2D eigenvalue weighted by Gasteiger charge is 2.33. The smallest absolute Gasteiger partial charge is 0.0830 e. The maximum absolute atomic E-state index is 6.02. The third-order valence-corrected chi connectivity index (χ3v) is 3.01. The zero-order valence-electron chi connectivity index (χ0n) is 9.81. The molecule has 0 aromatic heterocycles. The van der Waals surface area contributed by atoms with E-state index in [1.165, 1.54) is 0 Å². The molecule has 1 fully saturated rings. The Labute approximate surface area is 87.8 Å². The Morgan fingerprint density at radius 1 is 1.36 bits per heavy atom. The highest BCUT2D eigenvalue weighted by molar-refractivity contribution is 4.88. The van der Waals surface area contributed by atoms with E-state index >= 15 is 0 Å². The summed E-state index contributed by atoms with van der Waals surface area (Å²) in [5.41, 5.74) is 0.108. The Kier molecular flexibility index (Phi) is 4.85. The lowest BCUT2D eigenvalue weighted by atomic mass is 9.91. The number of rotatable bonds is 5. The highest BCUT2D eigenvalue weighted by Crippen LogP contribution is 2.25. The summed E-state index contributed by atoms with van der Waals surface area (Å²) in [4.78, 5) is 2.38. The van der Waals surface area contributed by atoms with Gasteiger partial charge in [-0.2, -0.15) is 0 Å². The largest absolute Gasteiger partial charge is 0.374 e. The fourth-order valence-electron chi connectivity index (χ4n) is 2.04. The standard InChI is InChI=1S/C11H24N2O/c1-4-9-14-11(10-12-2)5-7-13(3)8-6-11/h12H,4-10H2,1-3H3. The molecule has 0 bridgehead atoms. The molecule has 0 amide bonds. The SMILES string of the molecule is CCCOC1(CNC)CCN(C)CC1. The minimum absolute atomic E-state index is 0.108. The van der Waals surface area contributed by atoms with Gasteiger partial charge in [0.25, 0.3) is 0 Å². The van der Waals surface area contributed by atoms with Gasteiger partial charge in [0.15, 0.2) is 0 Å². The van der Waals surface area contributed by atoms with Crippen molar-refractivity contribution in [1.82, 2.24) is 10.2 Å². The number of piperidine rings is 1. The van der Waals surface area contributed by atoms with Gasteiger partial charge in [0.05, 0.1) is 5.60 Å². The molecule has 1 heterocycles. The van der Waals surface area contributed by atoms with Crippen LogP contribution in [0.25, 0.3) is 0 Å². The molecule has 0 aliphatic carbocycles. The Morgan fingerprint density at radius 3 is 2.50 bits per heavy atom. The molecule has 14 heavy (non-hydrogen) atoms. The zero-order valence-corrected chi connectivity index (χ0v) is 9.81. The Bertz CT molecular complexity index is 148. The fraction of sp³-hybridized carbons (Fsp3) is 1.00. The minimum Gasteiger partial charge on any atom is -0.374 e. The van der Waals surface area contributed by atoms with E-state index in [9.17, 15) is 0 Å². The van der Waals surface area contributed by atoms with Crippen LogP contribution < -0.4 is 5.32 Å². The van der Waals surface area contributed by atoms with Gasteiger partial charge in [-0.15, -0.1) is 0 Å². The van der Waals surface area contributed by atoms with Crippen LogP contribution in [0.4, 0.5) is 0 Å². The average Bonchev–Trinajstić information content (AvgIpc) is 2.20. The van der Waals surface area contributed by atoms with E-state index in [-0.39, 0.29) is 5.60 Å². The van der Waals surface area contributed by atoms with Gasteiger partial charge in [-0.25, -0.2) is 0 Å². The average molecular weight is 200 g/mol. The molecule has 1 rings (SSSR count). The third kappa shape index (κ3) is 3.23. The summed E-state index contributed by atoms with van der Waals surface area (Å²) in [6, 6.07) is 0. The van der Waals surface area contributed by atoms with Crippen molar-refractivity contribution in [3.05, 3.63) is 0 Å². The van der Waals surface area contributed by atoms with Crippen molar-refractivity contribution in [1.29, 1.82) is 0 Å². The highest BCUT2D eigenvalue weighted by atomic mass is 16.5. The Hall–Kier alpha value is -0.120. The van der Waals surface area contributed by atoms with Crippen molar-refractivity contribution in [3.63, 3.8) is 0 Å². The van der Waals surface area contributed by atoms with E-state index in [0.717, 1.165) is 45.5 Å². The first kappa shape index (κ1) is 12.0. The molecule has 0 aromatic rings. The lowest BCUT2D eigenvalue weighted by Gasteiger charge is -2.40. The molecule has 1 aliphatic heterocycles. The van der Waals surface area contributed by atoms with E-state index < -0.39 is 0 Å². The predicted molar refractivity (Wildman–Crippen MR) is 59.6 cm³/mol. The number of likely N-dealkylation sites (N-methyl/N-ethyl adjacent to an activating group) is 1. The number of hydrogen-bond donors (Lipinski definition) is 1. The minimum atomic E-state index is 0.108. The number of ether oxygens (including phenoxy) is 1. The van der Waals surface area contributed by atoms with Crippen molar-refractivity contribution >= 4 is 0 Å². The van der Waals surface area contributed by atoms with Crippen molar-refractivity contribution in [3.8, 4) is 0 Å². The molecule has 84 valence electrons. The summed E-state index contributed by atoms with van der Waals surface area (Å²) >= 11 is 0. The maximum atomic E-state index is 6.02. The van der Waals surface area contributed by atoms with Gasteiger partial charge in [-0.05, 0) is 33.4 Å². The van der Waals surface area contributed by atoms with Crippen LogP contribution in [0, 0.1) is 0 Å². The molecular formula is C11H24N2O. The van der Waals surface area contributed by atoms with Crippen molar-refractivity contribution in [2.45, 2.75) is 31.8 Å². The maximum Gasteiger partial charge on any atom is 0.0830 e. The molecule has 0 aromatic carbocycles. The number of likely N-dealkylation sites (tertiary alicyclic amines) is 1. The van der Waals surface area contributed by atoms with Crippen LogP contribution in [-0.2, 0) is 4.74 Å². The summed E-state index contributed by atoms with van der Waals surface area (Å²) in [7, 11) is 4.19. The van der Waals surface area contributed by atoms with Gasteiger partial charge < -0.3 is 15.0 Å². The van der Waals surface area contributed by atoms with Crippen LogP contribution in [0.15, 0.2) is 0 Å². The van der Waals surface area contributed by atoms with Gasteiger partial charge in [-0.1, -0.05) is 6.92 Å². The van der Waals surface area contributed by atoms with Gasteiger partial charge in [0.1, 0.15) is 0 Å². The molecule has 1 aliphatic rings. The van der Waals surface area contributed by atoms with E-state index in [0.29, 0.717) is 0 Å². The van der Waals surface area contributed by atoms with Crippen molar-refractivity contribution in [2.24, 2.45) is 0 Å². The van der Waals surface area contributed by atoms with E-state index in [2.05, 4.69) is 24.2 Å². The van der Waals surface area contributed by atoms with Crippen molar-refractivity contribution in [2.75, 3.05) is 40.3 Å². The normalized spacial score (nSPS) is 22.5. The molecule has 1 N–H and O–H groups in total. The quantitative estimate of drug-likeness (QED) is 0.719. The lowest BCUT2D eigenvalue weighted by molar-refractivity contribution is -0.0780. The second-order valence-electron chi connectivity index (χ2n) is 4.37. The van der Waals surface area contributed by atoms with Gasteiger partial charge >= 0.3 is 0 Å². The van der Waals surface area contributed by atoms with Gasteiger partial charge in [0.2, 0.25) is 0 Å². The fourth-order valence-corrected chi connectivity index (χ4v) is 2.04. The summed E-state index contributed by atoms with van der Waals surface area (Å²) < 4.78 is 6.02. The third-order valence-electron chi connectivity index (χ3n) is 3.01. The molecule has 0 atom stereocenters. The van der Waals surface area contributed by atoms with Crippen LogP contribution in [0.2, 0.25) is 0 Å². The van der Waals surface area contributed by atoms with E-state index in [1.54, 1.807) is 0 Å². The van der Waals surface area contributed by atoms with Crippen LogP contribution in [0.3, 0.4) is 0 Å². The first-order valence-electron chi connectivity index (χ1n) is 5.69. The van der Waals surface area contributed by atoms with Gasteiger partial charge in [-0.3, -0.25) is 0 Å². The van der Waals surface area contributed by atoms with Crippen molar-refractivity contribution < 1.29 is 4.74 Å². The molecule has 1 saturated heterocycles. The summed E-state index contributed by atoms with van der Waals surface area (Å²) in [5, 5.41) is 3.26. The first-order chi connectivity index (χ1) is 6.72. The number of nitrogens with one attached hydrogen (secondary N) is 1. The Morgan fingerprint density at radius 2 is 2.00 bits per heavy atom. The first-order valence-corrected chi connectivity index (χ1v) is 5.69. The monoisotopic (exact) mass is 200 g/mol. The number of hydrogen-bond acceptors (Lipinski definition) is 3. The summed E-state index contributed by atoms with van der Waals surface area (Å²) in [6.07, 6.45) is 3.43. The second-order valence-corrected chi connectivity index (χ2v) is 4.37. The lowest BCUT2D eigenvalue weighted by Crippen LogP contribution is -2.50. The summed E-state index contributed by atoms with van der Waals surface area (Å²) in [6.45, 7) is 6.37. The number of nitrogens with zero attached hydrogens (tertiary/aromatic N) is 1. The molecule has 0 radical (unpaired) electrons. The predicted octanol–water partition coefficient (Wildman–Crippen LogP) is 1.10. The van der Waals surface area contributed by atoms with Crippen LogP contribution in [0.5, 0.6) is 0 Å². The topological polar surface area (TPSA) is 24.5 Å². The van der Waals surface area contributed by atoms with Gasteiger partial charge in [0, 0.05) is 26.2 Å².